The third-order valence-electron chi connectivity index (χ3n) is 3.29. The van der Waals surface area contributed by atoms with Crippen molar-refractivity contribution in [1.82, 2.24) is 20.6 Å². The molecular formula is C17H13ClN4O2. The number of halogens is 1. The highest BCUT2D eigenvalue weighted by Gasteiger charge is 2.09. The molecule has 2 N–H and O–H groups in total. The molecule has 1 heterocycles. The van der Waals surface area contributed by atoms with Crippen molar-refractivity contribution in [2.45, 2.75) is 0 Å². The summed E-state index contributed by atoms with van der Waals surface area (Å²) < 4.78 is 1.68. The van der Waals surface area contributed by atoms with Crippen LogP contribution in [0, 0.1) is 0 Å². The minimum atomic E-state index is -0.423. The van der Waals surface area contributed by atoms with Gasteiger partial charge in [0.25, 0.3) is 11.8 Å². The van der Waals surface area contributed by atoms with Crippen LogP contribution in [0.5, 0.6) is 0 Å². The molecule has 0 fully saturated rings. The third-order valence-corrected chi connectivity index (χ3v) is 3.55. The Hall–Kier alpha value is -3.12. The molecule has 1 aromatic heterocycles. The minimum Gasteiger partial charge on any atom is -0.267 e. The predicted molar refractivity (Wildman–Crippen MR) is 89.9 cm³/mol. The molecule has 3 aromatic rings. The molecule has 2 amide bonds. The quantitative estimate of drug-likeness (QED) is 0.719. The lowest BCUT2D eigenvalue weighted by molar-refractivity contribution is 0.0846. The van der Waals surface area contributed by atoms with Crippen LogP contribution < -0.4 is 10.9 Å². The van der Waals surface area contributed by atoms with E-state index in [9.17, 15) is 9.59 Å². The Morgan fingerprint density at radius 2 is 1.42 bits per heavy atom. The van der Waals surface area contributed by atoms with E-state index in [2.05, 4.69) is 16.0 Å². The lowest BCUT2D eigenvalue weighted by atomic mass is 10.2. The van der Waals surface area contributed by atoms with Crippen molar-refractivity contribution in [1.29, 1.82) is 0 Å². The number of amides is 2. The highest BCUT2D eigenvalue weighted by Crippen LogP contribution is 2.10. The van der Waals surface area contributed by atoms with Gasteiger partial charge < -0.3 is 0 Å². The van der Waals surface area contributed by atoms with E-state index in [4.69, 9.17) is 11.6 Å². The Balaban J connectivity index is 1.60. The number of hydrogen-bond acceptors (Lipinski definition) is 3. The Morgan fingerprint density at radius 3 is 1.92 bits per heavy atom. The van der Waals surface area contributed by atoms with Crippen LogP contribution in [0.15, 0.2) is 67.0 Å². The Labute approximate surface area is 143 Å². The van der Waals surface area contributed by atoms with Crippen molar-refractivity contribution < 1.29 is 9.59 Å². The standard InChI is InChI=1S/C17H13ClN4O2/c18-14-6-2-12(3-7-14)16(23)20-21-17(24)13-4-8-15(9-5-13)22-11-1-10-19-22/h1-11H,(H,20,23)(H,21,24). The summed E-state index contributed by atoms with van der Waals surface area (Å²) in [6.07, 6.45) is 3.48. The highest BCUT2D eigenvalue weighted by atomic mass is 35.5. The largest absolute Gasteiger partial charge is 0.269 e. The minimum absolute atomic E-state index is 0.397. The average Bonchev–Trinajstić information content (AvgIpc) is 3.15. The molecule has 0 atom stereocenters. The number of benzene rings is 2. The maximum absolute atomic E-state index is 12.1. The predicted octanol–water partition coefficient (Wildman–Crippen LogP) is 2.60. The maximum Gasteiger partial charge on any atom is 0.269 e. The van der Waals surface area contributed by atoms with Gasteiger partial charge in [-0.15, -0.1) is 0 Å². The van der Waals surface area contributed by atoms with Crippen LogP contribution in [0.3, 0.4) is 0 Å². The van der Waals surface area contributed by atoms with Gasteiger partial charge in [0.15, 0.2) is 0 Å². The summed E-state index contributed by atoms with van der Waals surface area (Å²) in [5.74, 6) is -0.836. The van der Waals surface area contributed by atoms with Crippen molar-refractivity contribution in [2.24, 2.45) is 0 Å². The summed E-state index contributed by atoms with van der Waals surface area (Å²) in [5, 5.41) is 4.65. The van der Waals surface area contributed by atoms with E-state index in [0.717, 1.165) is 5.69 Å². The van der Waals surface area contributed by atoms with Gasteiger partial charge in [-0.25, -0.2) is 4.68 Å². The van der Waals surface area contributed by atoms with Crippen LogP contribution in [0.25, 0.3) is 5.69 Å². The second-order valence-corrected chi connectivity index (χ2v) is 5.35. The van der Waals surface area contributed by atoms with Crippen LogP contribution in [0.4, 0.5) is 0 Å². The summed E-state index contributed by atoms with van der Waals surface area (Å²) in [7, 11) is 0. The van der Waals surface area contributed by atoms with Gasteiger partial charge in [0.2, 0.25) is 0 Å². The fraction of sp³-hybridized carbons (Fsp3) is 0. The summed E-state index contributed by atoms with van der Waals surface area (Å²) in [6, 6.07) is 15.0. The summed E-state index contributed by atoms with van der Waals surface area (Å²) in [6.45, 7) is 0. The smallest absolute Gasteiger partial charge is 0.267 e. The van der Waals surface area contributed by atoms with Gasteiger partial charge in [-0.05, 0) is 54.6 Å². The Bertz CT molecular complexity index is 843. The number of aromatic nitrogens is 2. The molecule has 7 heteroatoms. The highest BCUT2D eigenvalue weighted by molar-refractivity contribution is 6.30. The molecule has 0 aliphatic carbocycles. The van der Waals surface area contributed by atoms with Gasteiger partial charge in [0.1, 0.15) is 0 Å². The molecule has 3 rings (SSSR count). The van der Waals surface area contributed by atoms with Crippen LogP contribution in [0.1, 0.15) is 20.7 Å². The second kappa shape index (κ2) is 6.97. The first-order chi connectivity index (χ1) is 11.6. The van der Waals surface area contributed by atoms with Crippen molar-refractivity contribution in [3.05, 3.63) is 83.1 Å². The molecule has 0 aliphatic rings. The fourth-order valence-corrected chi connectivity index (χ4v) is 2.17. The van der Waals surface area contributed by atoms with Gasteiger partial charge in [0.05, 0.1) is 5.69 Å². The zero-order valence-corrected chi connectivity index (χ0v) is 13.2. The zero-order valence-electron chi connectivity index (χ0n) is 12.4. The van der Waals surface area contributed by atoms with Crippen LogP contribution in [0.2, 0.25) is 5.02 Å². The number of rotatable bonds is 3. The average molecular weight is 341 g/mol. The van der Waals surface area contributed by atoms with E-state index in [1.165, 1.54) is 0 Å². The monoisotopic (exact) mass is 340 g/mol. The number of hydrogen-bond donors (Lipinski definition) is 2. The zero-order chi connectivity index (χ0) is 16.9. The number of carbonyl (C=O) groups is 2. The first kappa shape index (κ1) is 15.8. The molecule has 0 bridgehead atoms. The number of nitrogens with one attached hydrogen (secondary N) is 2. The van der Waals surface area contributed by atoms with E-state index in [1.54, 1.807) is 65.6 Å². The molecule has 0 saturated carbocycles. The van der Waals surface area contributed by atoms with Gasteiger partial charge in [-0.1, -0.05) is 11.6 Å². The first-order valence-electron chi connectivity index (χ1n) is 7.10. The van der Waals surface area contributed by atoms with Gasteiger partial charge in [-0.3, -0.25) is 20.4 Å². The van der Waals surface area contributed by atoms with Gasteiger partial charge >= 0.3 is 0 Å². The van der Waals surface area contributed by atoms with E-state index in [0.29, 0.717) is 16.1 Å². The van der Waals surface area contributed by atoms with E-state index >= 15 is 0 Å². The summed E-state index contributed by atoms with van der Waals surface area (Å²) >= 11 is 5.77. The number of carbonyl (C=O) groups excluding carboxylic acids is 2. The van der Waals surface area contributed by atoms with Crippen molar-refractivity contribution in [3.8, 4) is 5.69 Å². The van der Waals surface area contributed by atoms with Gasteiger partial charge in [0, 0.05) is 28.5 Å². The molecule has 2 aromatic carbocycles. The molecule has 6 nitrogen and oxygen atoms in total. The Morgan fingerprint density at radius 1 is 0.875 bits per heavy atom. The van der Waals surface area contributed by atoms with E-state index in [1.807, 2.05) is 6.07 Å². The van der Waals surface area contributed by atoms with Gasteiger partial charge in [-0.2, -0.15) is 5.10 Å². The molecule has 0 unspecified atom stereocenters. The number of hydrazine groups is 1. The van der Waals surface area contributed by atoms with Crippen LogP contribution in [-0.2, 0) is 0 Å². The summed E-state index contributed by atoms with van der Waals surface area (Å²) in [4.78, 5) is 24.0. The van der Waals surface area contributed by atoms with Crippen molar-refractivity contribution in [3.63, 3.8) is 0 Å². The normalized spacial score (nSPS) is 10.2. The van der Waals surface area contributed by atoms with E-state index in [-0.39, 0.29) is 0 Å². The van der Waals surface area contributed by atoms with Crippen LogP contribution in [-0.4, -0.2) is 21.6 Å². The molecule has 120 valence electrons. The molecule has 0 aliphatic heterocycles. The van der Waals surface area contributed by atoms with Crippen molar-refractivity contribution in [2.75, 3.05) is 0 Å². The SMILES string of the molecule is O=C(NNC(=O)c1ccc(-n2cccn2)cc1)c1ccc(Cl)cc1. The summed E-state index contributed by atoms with van der Waals surface area (Å²) in [5.41, 5.74) is 6.38. The fourth-order valence-electron chi connectivity index (χ4n) is 2.05. The molecule has 0 saturated heterocycles. The lowest BCUT2D eigenvalue weighted by Gasteiger charge is -2.08. The molecular weight excluding hydrogens is 328 g/mol. The van der Waals surface area contributed by atoms with Crippen LogP contribution >= 0.6 is 11.6 Å². The van der Waals surface area contributed by atoms with E-state index < -0.39 is 11.8 Å². The second-order valence-electron chi connectivity index (χ2n) is 4.91. The molecule has 24 heavy (non-hydrogen) atoms. The van der Waals surface area contributed by atoms with Crippen molar-refractivity contribution >= 4 is 23.4 Å². The first-order valence-corrected chi connectivity index (χ1v) is 7.47. The molecule has 0 radical (unpaired) electrons. The number of nitrogens with zero attached hydrogens (tertiary/aromatic N) is 2. The topological polar surface area (TPSA) is 76.0 Å². The third kappa shape index (κ3) is 3.61. The molecule has 0 spiro atoms. The Kier molecular flexibility index (Phi) is 4.58. The maximum atomic E-state index is 12.1. The lowest BCUT2D eigenvalue weighted by Crippen LogP contribution is -2.41.